The van der Waals surface area contributed by atoms with Gasteiger partial charge in [-0.2, -0.15) is 5.10 Å². The molecule has 1 aliphatic carbocycles. The lowest BCUT2D eigenvalue weighted by Crippen LogP contribution is -2.33. The maximum Gasteiger partial charge on any atom is 0.253 e. The number of aromatic nitrogens is 4. The van der Waals surface area contributed by atoms with Crippen molar-refractivity contribution in [1.82, 2.24) is 25.1 Å². The van der Waals surface area contributed by atoms with Crippen molar-refractivity contribution in [2.75, 3.05) is 0 Å². The topological polar surface area (TPSA) is 119 Å². The van der Waals surface area contributed by atoms with E-state index < -0.39 is 0 Å². The molecule has 2 unspecified atom stereocenters. The van der Waals surface area contributed by atoms with Crippen LogP contribution in [-0.2, 0) is 13.0 Å². The van der Waals surface area contributed by atoms with Crippen LogP contribution in [0.5, 0.6) is 0 Å². The standard InChI is InChI=1S/C32H40N6O2/c1-19(2)38-30-27(18-35-38)25(31(39)34-17-26-20(3)14-21(4)36-32(26)40)16-29(37-30)24-10-7-8-22(15-24)12-13-23-9-5-6-11-28(23)33/h7-8,10,14-16,18-19,23,28H,5-6,9,11-13,17,33H2,1-4H3,(H,34,39)(H,36,40). The Kier molecular flexibility index (Phi) is 8.17. The Morgan fingerprint density at radius 2 is 1.98 bits per heavy atom. The third-order valence-electron chi connectivity index (χ3n) is 8.21. The predicted octanol–water partition coefficient (Wildman–Crippen LogP) is 5.36. The molecule has 1 fully saturated rings. The third kappa shape index (κ3) is 5.87. The number of nitrogens with zero attached hydrogens (tertiary/aromatic N) is 3. The summed E-state index contributed by atoms with van der Waals surface area (Å²) in [4.78, 5) is 33.9. The molecule has 4 N–H and O–H groups in total. The summed E-state index contributed by atoms with van der Waals surface area (Å²) in [6.07, 6.45) is 8.61. The zero-order chi connectivity index (χ0) is 28.4. The minimum atomic E-state index is -0.265. The summed E-state index contributed by atoms with van der Waals surface area (Å²) in [5.41, 5.74) is 12.5. The Hall–Kier alpha value is -3.78. The van der Waals surface area contributed by atoms with Crippen LogP contribution in [0.2, 0.25) is 0 Å². The molecule has 8 nitrogen and oxygen atoms in total. The Morgan fingerprint density at radius 1 is 1.18 bits per heavy atom. The molecule has 8 heteroatoms. The number of aryl methyl sites for hydroxylation is 3. The SMILES string of the molecule is Cc1cc(C)c(CNC(=O)c2cc(-c3cccc(CCC4CCCCC4N)c3)nc3c2cnn3C(C)C)c(=O)[nH]1. The summed E-state index contributed by atoms with van der Waals surface area (Å²) in [6.45, 7) is 7.95. The number of pyridine rings is 2. The second-order valence-corrected chi connectivity index (χ2v) is 11.5. The van der Waals surface area contributed by atoms with Crippen molar-refractivity contribution < 1.29 is 4.79 Å². The number of carbonyl (C=O) groups is 1. The maximum absolute atomic E-state index is 13.6. The summed E-state index contributed by atoms with van der Waals surface area (Å²) >= 11 is 0. The minimum Gasteiger partial charge on any atom is -0.348 e. The number of hydrogen-bond acceptors (Lipinski definition) is 5. The summed E-state index contributed by atoms with van der Waals surface area (Å²) in [6, 6.07) is 12.6. The molecule has 1 aliphatic rings. The van der Waals surface area contributed by atoms with Crippen LogP contribution in [0, 0.1) is 19.8 Å². The van der Waals surface area contributed by atoms with Crippen LogP contribution in [0.15, 0.2) is 47.4 Å². The van der Waals surface area contributed by atoms with Gasteiger partial charge in [0.05, 0.1) is 22.8 Å². The zero-order valence-electron chi connectivity index (χ0n) is 24.0. The number of amides is 1. The van der Waals surface area contributed by atoms with Gasteiger partial charge < -0.3 is 16.0 Å². The number of carbonyl (C=O) groups excluding carboxylic acids is 1. The summed E-state index contributed by atoms with van der Waals surface area (Å²) in [5.74, 6) is 0.311. The molecule has 0 radical (unpaired) electrons. The van der Waals surface area contributed by atoms with Gasteiger partial charge >= 0.3 is 0 Å². The number of benzene rings is 1. The second-order valence-electron chi connectivity index (χ2n) is 11.5. The lowest BCUT2D eigenvalue weighted by atomic mass is 9.81. The van der Waals surface area contributed by atoms with Gasteiger partial charge in [0.25, 0.3) is 11.5 Å². The summed E-state index contributed by atoms with van der Waals surface area (Å²) in [5, 5.41) is 8.19. The molecule has 40 heavy (non-hydrogen) atoms. The predicted molar refractivity (Wildman–Crippen MR) is 159 cm³/mol. The number of fused-ring (bicyclic) bond motifs is 1. The molecular formula is C32H40N6O2. The molecule has 1 amide bonds. The Balaban J connectivity index is 1.45. The van der Waals surface area contributed by atoms with Crippen molar-refractivity contribution in [2.24, 2.45) is 11.7 Å². The largest absolute Gasteiger partial charge is 0.348 e. The van der Waals surface area contributed by atoms with Crippen LogP contribution in [-0.4, -0.2) is 31.7 Å². The fourth-order valence-corrected chi connectivity index (χ4v) is 5.93. The number of aromatic amines is 1. The molecule has 0 saturated heterocycles. The lowest BCUT2D eigenvalue weighted by molar-refractivity contribution is 0.0952. The fraction of sp³-hybridized carbons (Fsp3) is 0.438. The third-order valence-corrected chi connectivity index (χ3v) is 8.21. The fourth-order valence-electron chi connectivity index (χ4n) is 5.93. The highest BCUT2D eigenvalue weighted by atomic mass is 16.1. The van der Waals surface area contributed by atoms with Gasteiger partial charge in [-0.25, -0.2) is 9.67 Å². The van der Waals surface area contributed by atoms with Crippen LogP contribution < -0.4 is 16.6 Å². The lowest BCUT2D eigenvalue weighted by Gasteiger charge is -2.28. The van der Waals surface area contributed by atoms with Gasteiger partial charge in [-0.3, -0.25) is 9.59 Å². The smallest absolute Gasteiger partial charge is 0.253 e. The van der Waals surface area contributed by atoms with Crippen LogP contribution in [0.3, 0.4) is 0 Å². The molecule has 5 rings (SSSR count). The molecule has 0 bridgehead atoms. The maximum atomic E-state index is 13.6. The van der Waals surface area contributed by atoms with Crippen molar-refractivity contribution in [3.8, 4) is 11.3 Å². The van der Waals surface area contributed by atoms with E-state index in [0.29, 0.717) is 34.1 Å². The Bertz CT molecular complexity index is 1580. The minimum absolute atomic E-state index is 0.0796. The zero-order valence-corrected chi connectivity index (χ0v) is 24.0. The highest BCUT2D eigenvalue weighted by Crippen LogP contribution is 2.29. The van der Waals surface area contributed by atoms with E-state index in [1.54, 1.807) is 6.20 Å². The first-order valence-electron chi connectivity index (χ1n) is 14.4. The molecule has 210 valence electrons. The highest BCUT2D eigenvalue weighted by molar-refractivity contribution is 6.06. The van der Waals surface area contributed by atoms with Gasteiger partial charge in [0.1, 0.15) is 0 Å². The first-order chi connectivity index (χ1) is 19.2. The molecule has 2 atom stereocenters. The van der Waals surface area contributed by atoms with E-state index in [0.717, 1.165) is 41.8 Å². The van der Waals surface area contributed by atoms with Crippen LogP contribution in [0.4, 0.5) is 0 Å². The van der Waals surface area contributed by atoms with Gasteiger partial charge in [0, 0.05) is 35.4 Å². The van der Waals surface area contributed by atoms with E-state index in [1.807, 2.05) is 50.6 Å². The normalized spacial score (nSPS) is 17.4. The van der Waals surface area contributed by atoms with Crippen molar-refractivity contribution in [2.45, 2.75) is 84.8 Å². The van der Waals surface area contributed by atoms with Crippen molar-refractivity contribution in [1.29, 1.82) is 0 Å². The number of rotatable bonds is 8. The molecule has 0 aliphatic heterocycles. The van der Waals surface area contributed by atoms with Gasteiger partial charge in [0.2, 0.25) is 0 Å². The van der Waals surface area contributed by atoms with Crippen LogP contribution in [0.25, 0.3) is 22.3 Å². The van der Waals surface area contributed by atoms with E-state index in [4.69, 9.17) is 10.7 Å². The van der Waals surface area contributed by atoms with Crippen molar-refractivity contribution in [3.63, 3.8) is 0 Å². The number of hydrogen-bond donors (Lipinski definition) is 3. The average Bonchev–Trinajstić information content (AvgIpc) is 3.36. The molecular weight excluding hydrogens is 500 g/mol. The summed E-state index contributed by atoms with van der Waals surface area (Å²) < 4.78 is 1.85. The highest BCUT2D eigenvalue weighted by Gasteiger charge is 2.22. The molecule has 1 saturated carbocycles. The quantitative estimate of drug-likeness (QED) is 0.278. The number of H-pyrrole nitrogens is 1. The van der Waals surface area contributed by atoms with Crippen LogP contribution >= 0.6 is 0 Å². The summed E-state index contributed by atoms with van der Waals surface area (Å²) in [7, 11) is 0. The first kappa shape index (κ1) is 27.8. The monoisotopic (exact) mass is 540 g/mol. The van der Waals surface area contributed by atoms with Gasteiger partial charge in [-0.05, 0) is 88.6 Å². The number of nitrogens with one attached hydrogen (secondary N) is 2. The van der Waals surface area contributed by atoms with Crippen LogP contribution in [0.1, 0.15) is 84.7 Å². The molecule has 4 aromatic rings. The molecule has 3 aromatic heterocycles. The molecule has 1 aromatic carbocycles. The molecule has 0 spiro atoms. The Morgan fingerprint density at radius 3 is 2.73 bits per heavy atom. The van der Waals surface area contributed by atoms with E-state index in [2.05, 4.69) is 33.6 Å². The van der Waals surface area contributed by atoms with Gasteiger partial charge in [0.15, 0.2) is 5.65 Å². The number of nitrogens with two attached hydrogens (primary N) is 1. The van der Waals surface area contributed by atoms with E-state index in [-0.39, 0.29) is 24.1 Å². The van der Waals surface area contributed by atoms with Gasteiger partial charge in [-0.15, -0.1) is 0 Å². The average molecular weight is 541 g/mol. The van der Waals surface area contributed by atoms with Crippen molar-refractivity contribution >= 4 is 16.9 Å². The van der Waals surface area contributed by atoms with E-state index >= 15 is 0 Å². The van der Waals surface area contributed by atoms with Gasteiger partial charge in [-0.1, -0.05) is 31.0 Å². The van der Waals surface area contributed by atoms with E-state index in [1.165, 1.54) is 24.8 Å². The van der Waals surface area contributed by atoms with Crippen molar-refractivity contribution in [3.05, 3.63) is 80.9 Å². The molecule has 3 heterocycles. The Labute approximate surface area is 235 Å². The van der Waals surface area contributed by atoms with E-state index in [9.17, 15) is 9.59 Å². The first-order valence-corrected chi connectivity index (χ1v) is 14.4. The second kappa shape index (κ2) is 11.8.